The molecule has 1 aromatic carbocycles. The molecule has 1 aliphatic heterocycles. The second kappa shape index (κ2) is 12.6. The second-order valence-corrected chi connectivity index (χ2v) is 13.8. The zero-order chi connectivity index (χ0) is 29.8. The molecule has 0 aromatic heterocycles. The second-order valence-electron chi connectivity index (χ2n) is 11.9. The number of carbonyl (C=O) groups excluding carboxylic acids is 3. The Hall–Kier alpha value is -2.70. The van der Waals surface area contributed by atoms with Gasteiger partial charge in [0.25, 0.3) is 0 Å². The van der Waals surface area contributed by atoms with Crippen molar-refractivity contribution in [1.82, 2.24) is 9.37 Å². The SMILES string of the molecule is CC(=O)N(C(=O)OC(C)(C)C)c1ccc(S(=O)(=O)N(CC(C)C)[C@@H]2CCCCN(C(=O)OC(C)(C)C)O2)cc1. The zero-order valence-electron chi connectivity index (χ0n) is 24.5. The molecule has 0 radical (unpaired) electrons. The average molecular weight is 570 g/mol. The summed E-state index contributed by atoms with van der Waals surface area (Å²) in [5.74, 6) is -0.614. The van der Waals surface area contributed by atoms with E-state index in [4.69, 9.17) is 14.3 Å². The van der Waals surface area contributed by atoms with Gasteiger partial charge in [-0.05, 0) is 91.0 Å². The third kappa shape index (κ3) is 9.47. The molecule has 0 unspecified atom stereocenters. The van der Waals surface area contributed by atoms with Crippen LogP contribution in [0.5, 0.6) is 0 Å². The van der Waals surface area contributed by atoms with E-state index in [1.165, 1.54) is 35.5 Å². The summed E-state index contributed by atoms with van der Waals surface area (Å²) in [5.41, 5.74) is -1.38. The first-order valence-electron chi connectivity index (χ1n) is 13.1. The first-order valence-corrected chi connectivity index (χ1v) is 14.6. The van der Waals surface area contributed by atoms with E-state index in [2.05, 4.69) is 0 Å². The average Bonchev–Trinajstić information content (AvgIpc) is 3.01. The van der Waals surface area contributed by atoms with Crippen molar-refractivity contribution in [3.8, 4) is 0 Å². The van der Waals surface area contributed by atoms with E-state index >= 15 is 0 Å². The van der Waals surface area contributed by atoms with E-state index in [0.717, 1.165) is 9.96 Å². The first kappa shape index (κ1) is 32.5. The number of amides is 3. The van der Waals surface area contributed by atoms with Crippen LogP contribution in [0.3, 0.4) is 0 Å². The van der Waals surface area contributed by atoms with Crippen LogP contribution in [0.15, 0.2) is 29.2 Å². The van der Waals surface area contributed by atoms with Crippen LogP contribution in [-0.2, 0) is 29.1 Å². The van der Waals surface area contributed by atoms with Crippen LogP contribution in [-0.4, -0.2) is 66.4 Å². The number of carbonyl (C=O) groups is 3. The van der Waals surface area contributed by atoms with E-state index in [1.54, 1.807) is 41.5 Å². The Labute approximate surface area is 232 Å². The lowest BCUT2D eigenvalue weighted by molar-refractivity contribution is -0.203. The molecular weight excluding hydrogens is 526 g/mol. The van der Waals surface area contributed by atoms with Gasteiger partial charge in [-0.1, -0.05) is 13.8 Å². The smallest absolute Gasteiger partial charge is 0.434 e. The summed E-state index contributed by atoms with van der Waals surface area (Å²) >= 11 is 0. The highest BCUT2D eigenvalue weighted by Gasteiger charge is 2.37. The molecule has 11 nitrogen and oxygen atoms in total. The molecular formula is C27H43N3O8S. The van der Waals surface area contributed by atoms with Crippen LogP contribution < -0.4 is 4.90 Å². The van der Waals surface area contributed by atoms with Gasteiger partial charge in [0.05, 0.1) is 17.1 Å². The highest BCUT2D eigenvalue weighted by Crippen LogP contribution is 2.28. The summed E-state index contributed by atoms with van der Waals surface area (Å²) in [7, 11) is -4.10. The molecule has 0 N–H and O–H groups in total. The number of sulfonamides is 1. The van der Waals surface area contributed by atoms with E-state index in [-0.39, 0.29) is 29.6 Å². The van der Waals surface area contributed by atoms with Crippen molar-refractivity contribution in [2.24, 2.45) is 5.92 Å². The maximum Gasteiger partial charge on any atom is 0.434 e. The minimum Gasteiger partial charge on any atom is -0.443 e. The number of rotatable bonds is 6. The summed E-state index contributed by atoms with van der Waals surface area (Å²) in [6, 6.07) is 5.43. The van der Waals surface area contributed by atoms with Gasteiger partial charge < -0.3 is 9.47 Å². The largest absolute Gasteiger partial charge is 0.443 e. The number of hydroxylamine groups is 2. The van der Waals surface area contributed by atoms with Crippen molar-refractivity contribution in [2.45, 2.75) is 104 Å². The fraction of sp³-hybridized carbons (Fsp3) is 0.667. The molecule has 0 bridgehead atoms. The number of ether oxygens (including phenoxy) is 2. The van der Waals surface area contributed by atoms with E-state index in [1.807, 2.05) is 13.8 Å². The summed E-state index contributed by atoms with van der Waals surface area (Å²) in [6.45, 7) is 15.7. The lowest BCUT2D eigenvalue weighted by Crippen LogP contribution is -2.48. The molecule has 2 rings (SSSR count). The van der Waals surface area contributed by atoms with Crippen molar-refractivity contribution in [1.29, 1.82) is 0 Å². The quantitative estimate of drug-likeness (QED) is 0.452. The van der Waals surface area contributed by atoms with E-state index in [9.17, 15) is 22.8 Å². The Bertz CT molecular complexity index is 1120. The van der Waals surface area contributed by atoms with Crippen molar-refractivity contribution < 1.29 is 37.1 Å². The third-order valence-electron chi connectivity index (χ3n) is 5.37. The van der Waals surface area contributed by atoms with Crippen LogP contribution in [0.1, 0.15) is 81.6 Å². The summed E-state index contributed by atoms with van der Waals surface area (Å²) < 4.78 is 39.7. The van der Waals surface area contributed by atoms with Gasteiger partial charge in [0.15, 0.2) is 6.23 Å². The van der Waals surface area contributed by atoms with Gasteiger partial charge in [0.2, 0.25) is 15.9 Å². The number of imide groups is 1. The summed E-state index contributed by atoms with van der Waals surface area (Å²) in [5, 5.41) is 1.10. The topological polar surface area (TPSA) is 123 Å². The Morgan fingerprint density at radius 2 is 1.56 bits per heavy atom. The molecule has 220 valence electrons. The number of anilines is 1. The molecule has 1 aromatic rings. The van der Waals surface area contributed by atoms with Crippen LogP contribution in [0.4, 0.5) is 15.3 Å². The standard InChI is InChI=1S/C27H43N3O8S/c1-19(2)18-29(23-12-10-11-17-28(38-23)24(32)36-26(4,5)6)39(34,35)22-15-13-21(14-16-22)30(20(3)31)25(33)37-27(7,8)9/h13-16,19,23H,10-12,17-18H2,1-9H3/t23-/m0/s1. The minimum absolute atomic E-state index is 0.0405. The predicted octanol–water partition coefficient (Wildman–Crippen LogP) is 5.30. The molecule has 0 aliphatic carbocycles. The Morgan fingerprint density at radius 1 is 1.00 bits per heavy atom. The van der Waals surface area contributed by atoms with Crippen LogP contribution in [0.25, 0.3) is 0 Å². The molecule has 3 amide bonds. The zero-order valence-corrected chi connectivity index (χ0v) is 25.3. The fourth-order valence-electron chi connectivity index (χ4n) is 3.83. The molecule has 0 saturated carbocycles. The molecule has 0 spiro atoms. The van der Waals surface area contributed by atoms with Gasteiger partial charge in [-0.3, -0.25) is 4.79 Å². The Balaban J connectivity index is 2.39. The van der Waals surface area contributed by atoms with Gasteiger partial charge >= 0.3 is 12.2 Å². The Kier molecular flexibility index (Phi) is 10.5. The highest BCUT2D eigenvalue weighted by atomic mass is 32.2. The van der Waals surface area contributed by atoms with E-state index in [0.29, 0.717) is 19.3 Å². The highest BCUT2D eigenvalue weighted by molar-refractivity contribution is 7.89. The van der Waals surface area contributed by atoms with Crippen LogP contribution in [0, 0.1) is 5.92 Å². The Morgan fingerprint density at radius 3 is 2.05 bits per heavy atom. The number of nitrogens with zero attached hydrogens (tertiary/aromatic N) is 3. The van der Waals surface area contributed by atoms with Crippen LogP contribution in [0.2, 0.25) is 0 Å². The monoisotopic (exact) mass is 569 g/mol. The molecule has 1 heterocycles. The number of hydrogen-bond acceptors (Lipinski definition) is 8. The first-order chi connectivity index (χ1) is 17.8. The van der Waals surface area contributed by atoms with Crippen molar-refractivity contribution in [3.63, 3.8) is 0 Å². The van der Waals surface area contributed by atoms with Gasteiger partial charge in [-0.15, -0.1) is 0 Å². The molecule has 1 atom stereocenters. The molecule has 12 heteroatoms. The minimum atomic E-state index is -4.10. The molecule has 39 heavy (non-hydrogen) atoms. The lowest BCUT2D eigenvalue weighted by Gasteiger charge is -2.34. The molecule has 1 fully saturated rings. The van der Waals surface area contributed by atoms with Crippen molar-refractivity contribution in [3.05, 3.63) is 24.3 Å². The maximum atomic E-state index is 13.9. The normalized spacial score (nSPS) is 17.1. The molecule has 1 aliphatic rings. The fourth-order valence-corrected chi connectivity index (χ4v) is 5.53. The van der Waals surface area contributed by atoms with Gasteiger partial charge in [0.1, 0.15) is 11.2 Å². The molecule has 1 saturated heterocycles. The lowest BCUT2D eigenvalue weighted by atomic mass is 10.2. The third-order valence-corrected chi connectivity index (χ3v) is 7.24. The maximum absolute atomic E-state index is 13.9. The van der Waals surface area contributed by atoms with Crippen LogP contribution >= 0.6 is 0 Å². The predicted molar refractivity (Wildman–Crippen MR) is 146 cm³/mol. The van der Waals surface area contributed by atoms with Crippen molar-refractivity contribution in [2.75, 3.05) is 18.0 Å². The van der Waals surface area contributed by atoms with Gasteiger partial charge in [-0.25, -0.2) is 27.7 Å². The number of hydrogen-bond donors (Lipinski definition) is 0. The van der Waals surface area contributed by atoms with Gasteiger partial charge in [0, 0.05) is 13.5 Å². The van der Waals surface area contributed by atoms with Gasteiger partial charge in [-0.2, -0.15) is 9.37 Å². The van der Waals surface area contributed by atoms with E-state index < -0.39 is 45.5 Å². The number of benzene rings is 1. The summed E-state index contributed by atoms with van der Waals surface area (Å²) in [6.07, 6.45) is -0.793. The van der Waals surface area contributed by atoms with Crippen molar-refractivity contribution >= 4 is 33.8 Å². The summed E-state index contributed by atoms with van der Waals surface area (Å²) in [4.78, 5) is 44.3.